The SMILES string of the molecule is O=C(NCCc1ccccc1)N1CC[C@H](OCc2cc(C(F)(F)F)cc(C(F)(F)F)c2)[C@H](c2ccccc2)C1. The van der Waals surface area contributed by atoms with Crippen LogP contribution in [-0.2, 0) is 30.1 Å². The number of rotatable bonds is 7. The van der Waals surface area contributed by atoms with E-state index in [1.807, 2.05) is 60.7 Å². The summed E-state index contributed by atoms with van der Waals surface area (Å²) in [5.41, 5.74) is -1.01. The molecule has 0 aromatic heterocycles. The highest BCUT2D eigenvalue weighted by Gasteiger charge is 2.37. The third kappa shape index (κ3) is 7.75. The van der Waals surface area contributed by atoms with E-state index in [1.165, 1.54) is 0 Å². The Bertz CT molecular complexity index is 1200. The summed E-state index contributed by atoms with van der Waals surface area (Å²) in [6.45, 7) is 0.653. The summed E-state index contributed by atoms with van der Waals surface area (Å²) in [6.07, 6.45) is -9.32. The van der Waals surface area contributed by atoms with Crippen LogP contribution >= 0.6 is 0 Å². The lowest BCUT2D eigenvalue weighted by Gasteiger charge is -2.38. The number of likely N-dealkylation sites (tertiary alicyclic amines) is 1. The average Bonchev–Trinajstić information content (AvgIpc) is 2.91. The van der Waals surface area contributed by atoms with Gasteiger partial charge in [0.2, 0.25) is 0 Å². The molecule has 1 saturated heterocycles. The van der Waals surface area contributed by atoms with Gasteiger partial charge in [-0.15, -0.1) is 0 Å². The first-order valence-corrected chi connectivity index (χ1v) is 12.5. The summed E-state index contributed by atoms with van der Waals surface area (Å²) in [4.78, 5) is 14.5. The van der Waals surface area contributed by atoms with Crippen molar-refractivity contribution in [1.29, 1.82) is 0 Å². The number of carbonyl (C=O) groups is 1. The second-order valence-corrected chi connectivity index (χ2v) is 9.48. The number of nitrogens with zero attached hydrogens (tertiary/aromatic N) is 1. The molecule has 0 bridgehead atoms. The molecule has 4 nitrogen and oxygen atoms in total. The fourth-order valence-electron chi connectivity index (χ4n) is 4.71. The Morgan fingerprint density at radius 1 is 0.846 bits per heavy atom. The molecule has 1 fully saturated rings. The van der Waals surface area contributed by atoms with Crippen LogP contribution in [0.1, 0.15) is 40.2 Å². The molecule has 0 unspecified atom stereocenters. The van der Waals surface area contributed by atoms with Crippen LogP contribution in [0, 0.1) is 0 Å². The van der Waals surface area contributed by atoms with Gasteiger partial charge in [0.25, 0.3) is 0 Å². The van der Waals surface area contributed by atoms with Crippen molar-refractivity contribution in [3.8, 4) is 0 Å². The monoisotopic (exact) mass is 550 g/mol. The molecule has 0 saturated carbocycles. The quantitative estimate of drug-likeness (QED) is 0.321. The highest BCUT2D eigenvalue weighted by Crippen LogP contribution is 2.37. The highest BCUT2D eigenvalue weighted by molar-refractivity contribution is 5.74. The van der Waals surface area contributed by atoms with Gasteiger partial charge in [-0.2, -0.15) is 26.3 Å². The van der Waals surface area contributed by atoms with E-state index >= 15 is 0 Å². The van der Waals surface area contributed by atoms with Gasteiger partial charge in [-0.3, -0.25) is 0 Å². The molecule has 39 heavy (non-hydrogen) atoms. The molecule has 2 atom stereocenters. The summed E-state index contributed by atoms with van der Waals surface area (Å²) in [7, 11) is 0. The molecule has 2 amide bonds. The molecule has 208 valence electrons. The number of benzene rings is 3. The summed E-state index contributed by atoms with van der Waals surface area (Å²) in [5.74, 6) is -0.312. The predicted molar refractivity (Wildman–Crippen MR) is 134 cm³/mol. The molecule has 0 spiro atoms. The first-order valence-electron chi connectivity index (χ1n) is 12.5. The van der Waals surface area contributed by atoms with Gasteiger partial charge in [0.15, 0.2) is 0 Å². The molecule has 10 heteroatoms. The zero-order chi connectivity index (χ0) is 28.0. The zero-order valence-corrected chi connectivity index (χ0v) is 20.9. The number of ether oxygens (including phenoxy) is 1. The number of hydrogen-bond acceptors (Lipinski definition) is 2. The molecule has 0 aliphatic carbocycles. The Morgan fingerprint density at radius 3 is 2.03 bits per heavy atom. The van der Waals surface area contributed by atoms with Crippen LogP contribution in [0.5, 0.6) is 0 Å². The molecule has 3 aromatic rings. The van der Waals surface area contributed by atoms with Gasteiger partial charge in [0.05, 0.1) is 23.8 Å². The number of hydrogen-bond donors (Lipinski definition) is 1. The summed E-state index contributed by atoms with van der Waals surface area (Å²) in [5, 5.41) is 2.92. The number of urea groups is 1. The second-order valence-electron chi connectivity index (χ2n) is 9.48. The Balaban J connectivity index is 1.45. The minimum absolute atomic E-state index is 0.102. The normalized spacial score (nSPS) is 18.2. The number of amides is 2. The van der Waals surface area contributed by atoms with Gasteiger partial charge in [0, 0.05) is 25.6 Å². The minimum Gasteiger partial charge on any atom is -0.373 e. The number of alkyl halides is 6. The molecule has 1 aliphatic heterocycles. The van der Waals surface area contributed by atoms with Crippen LogP contribution in [0.15, 0.2) is 78.9 Å². The molecule has 4 rings (SSSR count). The fraction of sp³-hybridized carbons (Fsp3) is 0.345. The van der Waals surface area contributed by atoms with E-state index in [0.717, 1.165) is 11.1 Å². The molecule has 1 aliphatic rings. The van der Waals surface area contributed by atoms with E-state index in [4.69, 9.17) is 4.74 Å². The van der Waals surface area contributed by atoms with Crippen molar-refractivity contribution in [3.63, 3.8) is 0 Å². The van der Waals surface area contributed by atoms with Crippen LogP contribution in [0.3, 0.4) is 0 Å². The fourth-order valence-corrected chi connectivity index (χ4v) is 4.71. The Hall–Kier alpha value is -3.53. The smallest absolute Gasteiger partial charge is 0.373 e. The third-order valence-corrected chi connectivity index (χ3v) is 6.71. The van der Waals surface area contributed by atoms with Crippen molar-refractivity contribution in [2.75, 3.05) is 19.6 Å². The van der Waals surface area contributed by atoms with Crippen molar-refractivity contribution < 1.29 is 35.9 Å². The largest absolute Gasteiger partial charge is 0.416 e. The Morgan fingerprint density at radius 2 is 1.44 bits per heavy atom. The van der Waals surface area contributed by atoms with E-state index in [-0.39, 0.29) is 23.6 Å². The lowest BCUT2D eigenvalue weighted by molar-refractivity contribution is -0.143. The van der Waals surface area contributed by atoms with Crippen LogP contribution in [-0.4, -0.2) is 36.7 Å². The van der Waals surface area contributed by atoms with E-state index in [0.29, 0.717) is 44.6 Å². The van der Waals surface area contributed by atoms with Crippen molar-refractivity contribution in [2.24, 2.45) is 0 Å². The first-order chi connectivity index (χ1) is 18.5. The second kappa shape index (κ2) is 12.1. The van der Waals surface area contributed by atoms with Gasteiger partial charge in [-0.25, -0.2) is 4.79 Å². The molecular weight excluding hydrogens is 522 g/mol. The highest BCUT2D eigenvalue weighted by atomic mass is 19.4. The van der Waals surface area contributed by atoms with E-state index in [1.54, 1.807) is 4.90 Å². The predicted octanol–water partition coefficient (Wildman–Crippen LogP) is 7.05. The average molecular weight is 551 g/mol. The van der Waals surface area contributed by atoms with Gasteiger partial charge < -0.3 is 15.0 Å². The third-order valence-electron chi connectivity index (χ3n) is 6.71. The van der Waals surface area contributed by atoms with Crippen LogP contribution in [0.4, 0.5) is 31.1 Å². The number of halogens is 6. The Labute approximate surface area is 222 Å². The van der Waals surface area contributed by atoms with Crippen molar-refractivity contribution >= 4 is 6.03 Å². The molecular formula is C29H28F6N2O2. The lowest BCUT2D eigenvalue weighted by atomic mass is 9.88. The first kappa shape index (κ1) is 28.5. The van der Waals surface area contributed by atoms with Crippen LogP contribution in [0.2, 0.25) is 0 Å². The van der Waals surface area contributed by atoms with Gasteiger partial charge in [0.1, 0.15) is 0 Å². The van der Waals surface area contributed by atoms with Crippen molar-refractivity contribution in [3.05, 3.63) is 107 Å². The number of piperidine rings is 1. The van der Waals surface area contributed by atoms with Crippen molar-refractivity contribution in [1.82, 2.24) is 10.2 Å². The van der Waals surface area contributed by atoms with Crippen LogP contribution < -0.4 is 5.32 Å². The standard InChI is InChI=1S/C29H28F6N2O2/c30-28(31,32)23-15-21(16-24(17-23)29(33,34)35)19-39-26-12-14-37(18-25(26)22-9-5-2-6-10-22)27(38)36-13-11-20-7-3-1-4-8-20/h1-10,15-17,25-26H,11-14,18-19H2,(H,36,38)/t25-,26-/m0/s1. The summed E-state index contributed by atoms with van der Waals surface area (Å²) >= 11 is 0. The van der Waals surface area contributed by atoms with E-state index < -0.39 is 36.2 Å². The maximum Gasteiger partial charge on any atom is 0.416 e. The summed E-state index contributed by atoms with van der Waals surface area (Å²) < 4.78 is 85.5. The van der Waals surface area contributed by atoms with Gasteiger partial charge in [-0.05, 0) is 47.7 Å². The van der Waals surface area contributed by atoms with Crippen LogP contribution in [0.25, 0.3) is 0 Å². The maximum absolute atomic E-state index is 13.3. The lowest BCUT2D eigenvalue weighted by Crippen LogP contribution is -2.49. The number of carbonyl (C=O) groups excluding carboxylic acids is 1. The van der Waals surface area contributed by atoms with Gasteiger partial charge in [-0.1, -0.05) is 60.7 Å². The maximum atomic E-state index is 13.3. The topological polar surface area (TPSA) is 41.6 Å². The van der Waals surface area contributed by atoms with E-state index in [2.05, 4.69) is 5.32 Å². The molecule has 3 aromatic carbocycles. The van der Waals surface area contributed by atoms with Crippen molar-refractivity contribution in [2.45, 2.75) is 43.8 Å². The molecule has 0 radical (unpaired) electrons. The minimum atomic E-state index is -4.93. The zero-order valence-electron chi connectivity index (χ0n) is 20.9. The van der Waals surface area contributed by atoms with Gasteiger partial charge >= 0.3 is 18.4 Å². The molecule has 1 heterocycles. The Kier molecular flexibility index (Phi) is 8.84. The molecule has 1 N–H and O–H groups in total. The van der Waals surface area contributed by atoms with E-state index in [9.17, 15) is 31.1 Å². The number of nitrogens with one attached hydrogen (secondary N) is 1. The summed E-state index contributed by atoms with van der Waals surface area (Å²) in [6, 6.07) is 20.2.